The fourth-order valence-corrected chi connectivity index (χ4v) is 3.67. The Morgan fingerprint density at radius 1 is 0.971 bits per heavy atom. The van der Waals surface area contributed by atoms with E-state index in [4.69, 9.17) is 10.5 Å². The van der Waals surface area contributed by atoms with Crippen LogP contribution in [0, 0.1) is 0 Å². The van der Waals surface area contributed by atoms with Crippen molar-refractivity contribution in [1.82, 2.24) is 4.98 Å². The van der Waals surface area contributed by atoms with E-state index >= 15 is 0 Å². The first-order valence-electron chi connectivity index (χ1n) is 11.0. The number of hydrogen-bond acceptors (Lipinski definition) is 4. The van der Waals surface area contributed by atoms with Crippen LogP contribution in [0.5, 0.6) is 5.75 Å². The molecule has 0 atom stereocenters. The van der Waals surface area contributed by atoms with Crippen molar-refractivity contribution in [3.05, 3.63) is 101 Å². The number of nitrogens with zero attached hydrogens (tertiary/aromatic N) is 1. The molecule has 4 aromatic rings. The number of benzene rings is 3. The molecule has 6 nitrogen and oxygen atoms in total. The van der Waals surface area contributed by atoms with E-state index in [9.17, 15) is 9.59 Å². The van der Waals surface area contributed by atoms with E-state index in [1.807, 2.05) is 60.7 Å². The van der Waals surface area contributed by atoms with E-state index in [1.165, 1.54) is 11.8 Å². The largest absolute Gasteiger partial charge is 0.489 e. The minimum Gasteiger partial charge on any atom is -0.489 e. The zero-order chi connectivity index (χ0) is 24.3. The Morgan fingerprint density at radius 3 is 2.44 bits per heavy atom. The van der Waals surface area contributed by atoms with Crippen LogP contribution in [0.4, 0.5) is 5.69 Å². The summed E-state index contributed by atoms with van der Waals surface area (Å²) in [6, 6.07) is 22.5. The zero-order valence-electron chi connectivity index (χ0n) is 19.5. The molecule has 1 heterocycles. The molecule has 34 heavy (non-hydrogen) atoms. The first kappa shape index (κ1) is 23.0. The third-order valence-electron chi connectivity index (χ3n) is 5.59. The van der Waals surface area contributed by atoms with Crippen LogP contribution in [-0.2, 0) is 12.0 Å². The number of hydrogen-bond donors (Lipinski definition) is 2. The average molecular weight is 454 g/mol. The highest BCUT2D eigenvalue weighted by Gasteiger charge is 2.15. The number of aromatic nitrogens is 1. The molecule has 0 aliphatic heterocycles. The number of fused-ring (bicyclic) bond motifs is 1. The topological polar surface area (TPSA) is 94.3 Å². The Balaban J connectivity index is 1.50. The van der Waals surface area contributed by atoms with Gasteiger partial charge in [-0.3, -0.25) is 14.6 Å². The Morgan fingerprint density at radius 2 is 1.74 bits per heavy atom. The number of carbonyl (C=O) groups excluding carboxylic acids is 2. The first-order valence-corrected chi connectivity index (χ1v) is 11.0. The molecule has 1 aromatic heterocycles. The Hall–Kier alpha value is -4.19. The van der Waals surface area contributed by atoms with Crippen LogP contribution in [0.3, 0.4) is 0 Å². The molecule has 0 unspecified atom stereocenters. The fourth-order valence-electron chi connectivity index (χ4n) is 3.67. The number of rotatable bonds is 6. The molecule has 0 fully saturated rings. The highest BCUT2D eigenvalue weighted by Crippen LogP contribution is 2.27. The van der Waals surface area contributed by atoms with E-state index in [1.54, 1.807) is 12.1 Å². The number of pyridine rings is 1. The average Bonchev–Trinajstić information content (AvgIpc) is 2.82. The molecular formula is C28H27N3O3. The van der Waals surface area contributed by atoms with Gasteiger partial charge in [0.2, 0.25) is 0 Å². The normalized spacial score (nSPS) is 11.3. The Labute approximate surface area is 198 Å². The van der Waals surface area contributed by atoms with Gasteiger partial charge in [0.15, 0.2) is 0 Å². The van der Waals surface area contributed by atoms with Gasteiger partial charge in [0, 0.05) is 17.4 Å². The summed E-state index contributed by atoms with van der Waals surface area (Å²) in [5.74, 6) is -0.0951. The number of carbonyl (C=O) groups is 2. The number of nitrogens with one attached hydrogen (secondary N) is 1. The molecule has 3 aromatic carbocycles. The number of primary amides is 1. The summed E-state index contributed by atoms with van der Waals surface area (Å²) < 4.78 is 5.89. The van der Waals surface area contributed by atoms with Crippen molar-refractivity contribution in [2.75, 3.05) is 5.32 Å². The van der Waals surface area contributed by atoms with E-state index in [0.29, 0.717) is 11.3 Å². The standard InChI is InChI=1S/C28H27N3O3/c1-28(2,3)20-7-9-21(10-8-20)31-27(33)24-6-4-5-19-16-22(11-12-23(19)24)34-17-18-13-14-30-25(15-18)26(29)32/h4-16H,17H2,1-3H3,(H2,29,32)(H,31,33). The van der Waals surface area contributed by atoms with Crippen LogP contribution >= 0.6 is 0 Å². The maximum Gasteiger partial charge on any atom is 0.267 e. The van der Waals surface area contributed by atoms with Gasteiger partial charge >= 0.3 is 0 Å². The number of amides is 2. The molecule has 0 radical (unpaired) electrons. The lowest BCUT2D eigenvalue weighted by Crippen LogP contribution is -2.14. The maximum atomic E-state index is 13.0. The monoisotopic (exact) mass is 453 g/mol. The third kappa shape index (κ3) is 5.23. The highest BCUT2D eigenvalue weighted by atomic mass is 16.5. The van der Waals surface area contributed by atoms with E-state index in [0.717, 1.165) is 22.0 Å². The van der Waals surface area contributed by atoms with Crippen LogP contribution < -0.4 is 15.8 Å². The van der Waals surface area contributed by atoms with Crippen molar-refractivity contribution >= 4 is 28.3 Å². The minimum atomic E-state index is -0.580. The molecule has 0 bridgehead atoms. The number of nitrogens with two attached hydrogens (primary N) is 1. The smallest absolute Gasteiger partial charge is 0.267 e. The van der Waals surface area contributed by atoms with Crippen molar-refractivity contribution in [3.8, 4) is 5.75 Å². The second-order valence-electron chi connectivity index (χ2n) is 9.17. The van der Waals surface area contributed by atoms with Gasteiger partial charge in [0.25, 0.3) is 11.8 Å². The summed E-state index contributed by atoms with van der Waals surface area (Å²) in [5.41, 5.74) is 8.88. The first-order chi connectivity index (χ1) is 16.2. The molecule has 6 heteroatoms. The molecule has 0 aliphatic carbocycles. The summed E-state index contributed by atoms with van der Waals surface area (Å²) in [4.78, 5) is 28.3. The lowest BCUT2D eigenvalue weighted by molar-refractivity contribution is 0.0993. The minimum absolute atomic E-state index is 0.0550. The third-order valence-corrected chi connectivity index (χ3v) is 5.59. The van der Waals surface area contributed by atoms with Crippen LogP contribution in [-0.4, -0.2) is 16.8 Å². The van der Waals surface area contributed by atoms with Gasteiger partial charge < -0.3 is 15.8 Å². The van der Waals surface area contributed by atoms with Gasteiger partial charge in [0.05, 0.1) is 0 Å². The summed E-state index contributed by atoms with van der Waals surface area (Å²) in [6.07, 6.45) is 1.53. The van der Waals surface area contributed by atoms with Gasteiger partial charge in [0.1, 0.15) is 18.1 Å². The summed E-state index contributed by atoms with van der Waals surface area (Å²) in [7, 11) is 0. The van der Waals surface area contributed by atoms with Gasteiger partial charge in [-0.25, -0.2) is 0 Å². The van der Waals surface area contributed by atoms with Gasteiger partial charge in [-0.15, -0.1) is 0 Å². The van der Waals surface area contributed by atoms with Gasteiger partial charge in [-0.05, 0) is 75.8 Å². The Kier molecular flexibility index (Phi) is 6.32. The molecule has 3 N–H and O–H groups in total. The quantitative estimate of drug-likeness (QED) is 0.405. The van der Waals surface area contributed by atoms with Crippen molar-refractivity contribution in [3.63, 3.8) is 0 Å². The molecule has 172 valence electrons. The highest BCUT2D eigenvalue weighted by molar-refractivity contribution is 6.13. The van der Waals surface area contributed by atoms with Crippen molar-refractivity contribution in [2.24, 2.45) is 5.73 Å². The fraction of sp³-hybridized carbons (Fsp3) is 0.179. The van der Waals surface area contributed by atoms with Crippen LogP contribution in [0.2, 0.25) is 0 Å². The van der Waals surface area contributed by atoms with Crippen LogP contribution in [0.1, 0.15) is 52.7 Å². The van der Waals surface area contributed by atoms with Crippen molar-refractivity contribution in [2.45, 2.75) is 32.8 Å². The van der Waals surface area contributed by atoms with Crippen molar-refractivity contribution in [1.29, 1.82) is 0 Å². The summed E-state index contributed by atoms with van der Waals surface area (Å²) >= 11 is 0. The molecule has 0 aliphatic rings. The van der Waals surface area contributed by atoms with E-state index in [2.05, 4.69) is 31.1 Å². The molecule has 2 amide bonds. The summed E-state index contributed by atoms with van der Waals surface area (Å²) in [6.45, 7) is 6.73. The molecule has 4 rings (SSSR count). The number of ether oxygens (including phenoxy) is 1. The van der Waals surface area contributed by atoms with Gasteiger partial charge in [-0.1, -0.05) is 45.0 Å². The predicted octanol–water partition coefficient (Wildman–Crippen LogP) is 5.46. The van der Waals surface area contributed by atoms with Crippen molar-refractivity contribution < 1.29 is 14.3 Å². The second kappa shape index (κ2) is 9.35. The van der Waals surface area contributed by atoms with Gasteiger partial charge in [-0.2, -0.15) is 0 Å². The molecule has 0 saturated carbocycles. The van der Waals surface area contributed by atoms with Crippen LogP contribution in [0.25, 0.3) is 10.8 Å². The predicted molar refractivity (Wildman–Crippen MR) is 134 cm³/mol. The molecular weight excluding hydrogens is 426 g/mol. The molecule has 0 spiro atoms. The molecule has 0 saturated heterocycles. The van der Waals surface area contributed by atoms with E-state index in [-0.39, 0.29) is 23.6 Å². The number of anilines is 1. The van der Waals surface area contributed by atoms with Crippen LogP contribution in [0.15, 0.2) is 79.0 Å². The van der Waals surface area contributed by atoms with E-state index < -0.39 is 5.91 Å². The SMILES string of the molecule is CC(C)(C)c1ccc(NC(=O)c2cccc3cc(OCc4ccnc(C(N)=O)c4)ccc23)cc1. The second-order valence-corrected chi connectivity index (χ2v) is 9.17. The lowest BCUT2D eigenvalue weighted by atomic mass is 9.87. The lowest BCUT2D eigenvalue weighted by Gasteiger charge is -2.19. The maximum absolute atomic E-state index is 13.0. The zero-order valence-corrected chi connectivity index (χ0v) is 19.5. The summed E-state index contributed by atoms with van der Waals surface area (Å²) in [5, 5.41) is 4.71. The Bertz CT molecular complexity index is 1360.